The van der Waals surface area contributed by atoms with Crippen LogP contribution in [0.5, 0.6) is 0 Å². The number of ether oxygens (including phenoxy) is 1. The summed E-state index contributed by atoms with van der Waals surface area (Å²) in [4.78, 5) is 14.7. The van der Waals surface area contributed by atoms with Crippen LogP contribution < -0.4 is 0 Å². The molecule has 0 saturated heterocycles. The molecule has 0 radical (unpaired) electrons. The highest BCUT2D eigenvalue weighted by Gasteiger charge is 2.27. The number of carbonyl (C=O) groups excluding carboxylic acids is 1. The number of benzene rings is 1. The molecule has 1 aromatic heterocycles. The number of nitriles is 1. The van der Waals surface area contributed by atoms with Gasteiger partial charge in [-0.3, -0.25) is 0 Å². The predicted molar refractivity (Wildman–Crippen MR) is 73.5 cm³/mol. The smallest absolute Gasteiger partial charge is 0.354 e. The van der Waals surface area contributed by atoms with Crippen molar-refractivity contribution in [3.05, 3.63) is 58.4 Å². The quantitative estimate of drug-likeness (QED) is 0.850. The van der Waals surface area contributed by atoms with Gasteiger partial charge >= 0.3 is 5.97 Å². The lowest BCUT2D eigenvalue weighted by Gasteiger charge is -2.10. The summed E-state index contributed by atoms with van der Waals surface area (Å²) in [5.74, 6) is -0.100. The Balaban J connectivity index is 1.98. The summed E-state index contributed by atoms with van der Waals surface area (Å²) >= 11 is 0. The average molecular weight is 266 g/mol. The maximum Gasteiger partial charge on any atom is 0.354 e. The maximum atomic E-state index is 11.6. The first-order valence-corrected chi connectivity index (χ1v) is 6.53. The summed E-state index contributed by atoms with van der Waals surface area (Å²) in [6.45, 7) is 0. The normalized spacial score (nSPS) is 16.5. The van der Waals surface area contributed by atoms with E-state index in [4.69, 9.17) is 10.00 Å². The van der Waals surface area contributed by atoms with Crippen LogP contribution in [0.4, 0.5) is 0 Å². The largest absolute Gasteiger partial charge is 0.464 e. The molecule has 2 aromatic rings. The van der Waals surface area contributed by atoms with Crippen LogP contribution in [-0.2, 0) is 11.2 Å². The second-order valence-electron chi connectivity index (χ2n) is 4.94. The molecule has 1 atom stereocenters. The number of H-pyrrole nitrogens is 1. The fourth-order valence-electron chi connectivity index (χ4n) is 2.87. The number of aryl methyl sites for hydroxylation is 1. The van der Waals surface area contributed by atoms with Crippen molar-refractivity contribution in [1.29, 1.82) is 5.26 Å². The Hall–Kier alpha value is -2.54. The van der Waals surface area contributed by atoms with Gasteiger partial charge in [-0.1, -0.05) is 12.1 Å². The van der Waals surface area contributed by atoms with Crippen molar-refractivity contribution < 1.29 is 9.53 Å². The Morgan fingerprint density at radius 1 is 1.45 bits per heavy atom. The third-order valence-electron chi connectivity index (χ3n) is 3.82. The standard InChI is InChI=1S/C16H14N2O2/c1-20-16(19)15-8-13-12(5-6-14(13)18-15)11-4-2-3-10(7-11)9-17/h2-4,7-8,12,18H,5-6H2,1H3. The minimum Gasteiger partial charge on any atom is -0.464 e. The van der Waals surface area contributed by atoms with Crippen molar-refractivity contribution in [2.45, 2.75) is 18.8 Å². The molecule has 0 spiro atoms. The van der Waals surface area contributed by atoms with Gasteiger partial charge in [0, 0.05) is 11.6 Å². The van der Waals surface area contributed by atoms with Gasteiger partial charge in [0.15, 0.2) is 0 Å². The molecule has 1 N–H and O–H groups in total. The van der Waals surface area contributed by atoms with E-state index in [1.807, 2.05) is 24.3 Å². The highest BCUT2D eigenvalue weighted by Crippen LogP contribution is 2.38. The van der Waals surface area contributed by atoms with E-state index in [1.54, 1.807) is 6.07 Å². The first kappa shape index (κ1) is 12.5. The van der Waals surface area contributed by atoms with Crippen LogP contribution in [0.3, 0.4) is 0 Å². The number of aromatic nitrogens is 1. The summed E-state index contributed by atoms with van der Waals surface area (Å²) in [5, 5.41) is 8.99. The van der Waals surface area contributed by atoms with Crippen LogP contribution in [0.1, 0.15) is 45.2 Å². The number of rotatable bonds is 2. The number of methoxy groups -OCH3 is 1. The number of nitrogens with one attached hydrogen (secondary N) is 1. The minimum absolute atomic E-state index is 0.243. The minimum atomic E-state index is -0.344. The zero-order valence-electron chi connectivity index (χ0n) is 11.1. The van der Waals surface area contributed by atoms with Crippen molar-refractivity contribution in [2.75, 3.05) is 7.11 Å². The van der Waals surface area contributed by atoms with E-state index in [2.05, 4.69) is 11.1 Å². The van der Waals surface area contributed by atoms with Gasteiger partial charge in [0.25, 0.3) is 0 Å². The maximum absolute atomic E-state index is 11.6. The van der Waals surface area contributed by atoms with Crippen LogP contribution in [0.2, 0.25) is 0 Å². The number of carbonyl (C=O) groups is 1. The molecular formula is C16H14N2O2. The van der Waals surface area contributed by atoms with Gasteiger partial charge in [-0.25, -0.2) is 4.79 Å². The third-order valence-corrected chi connectivity index (χ3v) is 3.82. The zero-order valence-corrected chi connectivity index (χ0v) is 11.1. The number of nitrogens with zero attached hydrogens (tertiary/aromatic N) is 1. The molecule has 3 rings (SSSR count). The topological polar surface area (TPSA) is 65.9 Å². The zero-order chi connectivity index (χ0) is 14.1. The fraction of sp³-hybridized carbons (Fsp3) is 0.250. The molecular weight excluding hydrogens is 252 g/mol. The van der Waals surface area contributed by atoms with Gasteiger partial charge < -0.3 is 9.72 Å². The molecule has 0 bridgehead atoms. The van der Waals surface area contributed by atoms with Crippen molar-refractivity contribution >= 4 is 5.97 Å². The van der Waals surface area contributed by atoms with E-state index < -0.39 is 0 Å². The van der Waals surface area contributed by atoms with E-state index in [1.165, 1.54) is 7.11 Å². The Bertz CT molecular complexity index is 710. The number of hydrogen-bond acceptors (Lipinski definition) is 3. The number of fused-ring (bicyclic) bond motifs is 1. The number of aromatic amines is 1. The van der Waals surface area contributed by atoms with Crippen LogP contribution in [-0.4, -0.2) is 18.1 Å². The van der Waals surface area contributed by atoms with E-state index >= 15 is 0 Å². The Morgan fingerprint density at radius 2 is 2.30 bits per heavy atom. The second-order valence-corrected chi connectivity index (χ2v) is 4.94. The first-order chi connectivity index (χ1) is 9.72. The molecule has 0 aliphatic heterocycles. The van der Waals surface area contributed by atoms with Crippen LogP contribution in [0.25, 0.3) is 0 Å². The lowest BCUT2D eigenvalue weighted by atomic mass is 9.93. The van der Waals surface area contributed by atoms with E-state index in [-0.39, 0.29) is 11.9 Å². The highest BCUT2D eigenvalue weighted by atomic mass is 16.5. The van der Waals surface area contributed by atoms with Crippen LogP contribution in [0.15, 0.2) is 30.3 Å². The van der Waals surface area contributed by atoms with E-state index in [9.17, 15) is 4.79 Å². The molecule has 1 unspecified atom stereocenters. The van der Waals surface area contributed by atoms with E-state index in [0.717, 1.165) is 29.7 Å². The molecule has 1 aromatic carbocycles. The van der Waals surface area contributed by atoms with Crippen molar-refractivity contribution in [1.82, 2.24) is 4.98 Å². The Kier molecular flexibility index (Phi) is 3.03. The summed E-state index contributed by atoms with van der Waals surface area (Å²) in [6, 6.07) is 11.7. The molecule has 0 fully saturated rings. The fourth-order valence-corrected chi connectivity index (χ4v) is 2.87. The first-order valence-electron chi connectivity index (χ1n) is 6.53. The molecule has 1 aliphatic carbocycles. The molecule has 20 heavy (non-hydrogen) atoms. The van der Waals surface area contributed by atoms with E-state index in [0.29, 0.717) is 11.3 Å². The molecule has 0 saturated carbocycles. The van der Waals surface area contributed by atoms with Gasteiger partial charge in [0.05, 0.1) is 18.7 Å². The third kappa shape index (κ3) is 1.97. The highest BCUT2D eigenvalue weighted by molar-refractivity contribution is 5.88. The van der Waals surface area contributed by atoms with Crippen LogP contribution >= 0.6 is 0 Å². The molecule has 100 valence electrons. The van der Waals surface area contributed by atoms with Crippen LogP contribution in [0, 0.1) is 11.3 Å². The summed E-state index contributed by atoms with van der Waals surface area (Å²) in [5.41, 5.74) is 4.52. The predicted octanol–water partition coefficient (Wildman–Crippen LogP) is 2.75. The number of hydrogen-bond donors (Lipinski definition) is 1. The van der Waals surface area contributed by atoms with Crippen molar-refractivity contribution in [2.24, 2.45) is 0 Å². The monoisotopic (exact) mass is 266 g/mol. The molecule has 4 heteroatoms. The summed E-state index contributed by atoms with van der Waals surface area (Å²) in [6.07, 6.45) is 1.91. The van der Waals surface area contributed by atoms with Gasteiger partial charge in [-0.2, -0.15) is 5.26 Å². The van der Waals surface area contributed by atoms with Crippen molar-refractivity contribution in [3.63, 3.8) is 0 Å². The second kappa shape index (κ2) is 4.86. The number of esters is 1. The van der Waals surface area contributed by atoms with Gasteiger partial charge in [-0.05, 0) is 42.2 Å². The van der Waals surface area contributed by atoms with Gasteiger partial charge in [0.2, 0.25) is 0 Å². The average Bonchev–Trinajstić information content (AvgIpc) is 3.06. The molecule has 4 nitrogen and oxygen atoms in total. The van der Waals surface area contributed by atoms with Gasteiger partial charge in [-0.15, -0.1) is 0 Å². The summed E-state index contributed by atoms with van der Waals surface area (Å²) < 4.78 is 4.74. The SMILES string of the molecule is COC(=O)c1cc2c([nH]1)CCC2c1cccc(C#N)c1. The molecule has 1 heterocycles. The lowest BCUT2D eigenvalue weighted by molar-refractivity contribution is 0.0594. The molecule has 0 amide bonds. The molecule has 1 aliphatic rings. The Morgan fingerprint density at radius 3 is 3.05 bits per heavy atom. The van der Waals surface area contributed by atoms with Gasteiger partial charge in [0.1, 0.15) is 5.69 Å². The lowest BCUT2D eigenvalue weighted by Crippen LogP contribution is -2.02. The summed E-state index contributed by atoms with van der Waals surface area (Å²) in [7, 11) is 1.38. The van der Waals surface area contributed by atoms with Crippen molar-refractivity contribution in [3.8, 4) is 6.07 Å². The Labute approximate surface area is 117 Å².